The van der Waals surface area contributed by atoms with Crippen LogP contribution in [0.15, 0.2) is 12.2 Å². The van der Waals surface area contributed by atoms with Crippen molar-refractivity contribution in [3.05, 3.63) is 12.2 Å². The van der Waals surface area contributed by atoms with Crippen LogP contribution in [0.3, 0.4) is 0 Å². The highest BCUT2D eigenvalue weighted by Gasteiger charge is 2.19. The van der Waals surface area contributed by atoms with E-state index in [0.29, 0.717) is 5.57 Å². The van der Waals surface area contributed by atoms with Gasteiger partial charge in [-0.3, -0.25) is 4.79 Å². The monoisotopic (exact) mass is 203 g/mol. The first-order chi connectivity index (χ1) is 6.02. The molecule has 0 aliphatic carbocycles. The number of carbonyl (C=O) groups is 2. The van der Waals surface area contributed by atoms with E-state index in [1.807, 2.05) is 0 Å². The standard InChI is InChI=1S/C8H13NO3S/c1-5(2)7(10)9-6(4-13)8(11)12-3/h6,13H,1,4H2,2-3H3,(H,9,10)/t6-/m0/s1. The zero-order valence-corrected chi connectivity index (χ0v) is 8.56. The molecule has 0 saturated carbocycles. The summed E-state index contributed by atoms with van der Waals surface area (Å²) in [5.41, 5.74) is 0.343. The number of nitrogens with one attached hydrogen (secondary N) is 1. The summed E-state index contributed by atoms with van der Waals surface area (Å²) in [5.74, 6) is -0.680. The van der Waals surface area contributed by atoms with Crippen molar-refractivity contribution in [2.24, 2.45) is 0 Å². The Bertz CT molecular complexity index is 227. The fourth-order valence-electron chi connectivity index (χ4n) is 0.603. The fraction of sp³-hybridized carbons (Fsp3) is 0.500. The Morgan fingerprint density at radius 2 is 2.15 bits per heavy atom. The van der Waals surface area contributed by atoms with Crippen LogP contribution in [0.1, 0.15) is 6.92 Å². The largest absolute Gasteiger partial charge is 0.467 e. The molecule has 0 radical (unpaired) electrons. The molecule has 5 heteroatoms. The molecule has 1 N–H and O–H groups in total. The van der Waals surface area contributed by atoms with Gasteiger partial charge in [-0.2, -0.15) is 12.6 Å². The Balaban J connectivity index is 4.21. The quantitative estimate of drug-likeness (QED) is 0.388. The molecule has 0 unspecified atom stereocenters. The molecule has 0 spiro atoms. The summed E-state index contributed by atoms with van der Waals surface area (Å²) in [7, 11) is 1.26. The van der Waals surface area contributed by atoms with Crippen molar-refractivity contribution in [2.45, 2.75) is 13.0 Å². The third-order valence-corrected chi connectivity index (χ3v) is 1.73. The SMILES string of the molecule is C=C(C)C(=O)N[C@@H](CS)C(=O)OC. The third-order valence-electron chi connectivity index (χ3n) is 1.36. The molecule has 0 heterocycles. The highest BCUT2D eigenvalue weighted by Crippen LogP contribution is 1.94. The van der Waals surface area contributed by atoms with Gasteiger partial charge in [0.2, 0.25) is 5.91 Å². The van der Waals surface area contributed by atoms with E-state index in [1.54, 1.807) is 6.92 Å². The lowest BCUT2D eigenvalue weighted by Gasteiger charge is -2.13. The number of hydrogen-bond acceptors (Lipinski definition) is 4. The Morgan fingerprint density at radius 3 is 2.46 bits per heavy atom. The molecular weight excluding hydrogens is 190 g/mol. The zero-order chi connectivity index (χ0) is 10.4. The van der Waals surface area contributed by atoms with Crippen LogP contribution in [-0.2, 0) is 14.3 Å². The summed E-state index contributed by atoms with van der Waals surface area (Å²) in [6.45, 7) is 5.00. The van der Waals surface area contributed by atoms with Gasteiger partial charge in [-0.25, -0.2) is 4.79 Å². The van der Waals surface area contributed by atoms with Crippen LogP contribution in [0.25, 0.3) is 0 Å². The van der Waals surface area contributed by atoms with Gasteiger partial charge in [0.25, 0.3) is 0 Å². The average Bonchev–Trinajstić information content (AvgIpc) is 2.12. The maximum absolute atomic E-state index is 11.1. The number of thiol groups is 1. The molecule has 0 bridgehead atoms. The molecule has 0 aliphatic heterocycles. The number of hydrogen-bond donors (Lipinski definition) is 2. The lowest BCUT2D eigenvalue weighted by Crippen LogP contribution is -2.43. The fourth-order valence-corrected chi connectivity index (χ4v) is 0.843. The predicted molar refractivity (Wildman–Crippen MR) is 52.6 cm³/mol. The lowest BCUT2D eigenvalue weighted by molar-refractivity contribution is -0.143. The van der Waals surface area contributed by atoms with E-state index in [9.17, 15) is 9.59 Å². The van der Waals surface area contributed by atoms with E-state index in [-0.39, 0.29) is 11.7 Å². The smallest absolute Gasteiger partial charge is 0.329 e. The molecule has 0 aliphatic rings. The number of ether oxygens (including phenoxy) is 1. The van der Waals surface area contributed by atoms with Crippen LogP contribution in [-0.4, -0.2) is 30.8 Å². The molecule has 0 rings (SSSR count). The van der Waals surface area contributed by atoms with Crippen LogP contribution in [0, 0.1) is 0 Å². The van der Waals surface area contributed by atoms with E-state index < -0.39 is 12.0 Å². The van der Waals surface area contributed by atoms with Gasteiger partial charge in [0.15, 0.2) is 0 Å². The van der Waals surface area contributed by atoms with Gasteiger partial charge >= 0.3 is 5.97 Å². The molecule has 0 aromatic rings. The Morgan fingerprint density at radius 1 is 1.62 bits per heavy atom. The summed E-state index contributed by atoms with van der Waals surface area (Å²) in [6, 6.07) is -0.711. The summed E-state index contributed by atoms with van der Waals surface area (Å²) < 4.78 is 4.45. The van der Waals surface area contributed by atoms with Crippen LogP contribution >= 0.6 is 12.6 Å². The molecule has 0 aromatic carbocycles. The molecular formula is C8H13NO3S. The first kappa shape index (κ1) is 12.0. The van der Waals surface area contributed by atoms with Crippen LogP contribution in [0.4, 0.5) is 0 Å². The molecule has 0 aromatic heterocycles. The van der Waals surface area contributed by atoms with E-state index >= 15 is 0 Å². The molecule has 0 fully saturated rings. The summed E-state index contributed by atoms with van der Waals surface area (Å²) >= 11 is 3.91. The molecule has 1 atom stereocenters. The van der Waals surface area contributed by atoms with Gasteiger partial charge in [-0.05, 0) is 6.92 Å². The Labute approximate surface area is 82.7 Å². The highest BCUT2D eigenvalue weighted by atomic mass is 32.1. The van der Waals surface area contributed by atoms with Gasteiger partial charge in [0.05, 0.1) is 7.11 Å². The number of esters is 1. The molecule has 0 saturated heterocycles. The summed E-state index contributed by atoms with van der Waals surface area (Å²) in [6.07, 6.45) is 0. The van der Waals surface area contributed by atoms with Gasteiger partial charge in [0, 0.05) is 11.3 Å². The van der Waals surface area contributed by atoms with Crippen LogP contribution in [0.5, 0.6) is 0 Å². The van der Waals surface area contributed by atoms with Crippen molar-refractivity contribution >= 4 is 24.5 Å². The topological polar surface area (TPSA) is 55.4 Å². The average molecular weight is 203 g/mol. The molecule has 1 amide bonds. The van der Waals surface area contributed by atoms with Crippen LogP contribution < -0.4 is 5.32 Å². The summed E-state index contributed by atoms with van der Waals surface area (Å²) in [4.78, 5) is 22.1. The Kier molecular flexibility index (Phi) is 5.22. The second kappa shape index (κ2) is 5.64. The minimum Gasteiger partial charge on any atom is -0.467 e. The second-order valence-corrected chi connectivity index (χ2v) is 2.88. The normalized spacial score (nSPS) is 11.6. The number of methoxy groups -OCH3 is 1. The van der Waals surface area contributed by atoms with Crippen molar-refractivity contribution < 1.29 is 14.3 Å². The first-order valence-electron chi connectivity index (χ1n) is 3.68. The predicted octanol–water partition coefficient (Wildman–Crippen LogP) is 0.150. The van der Waals surface area contributed by atoms with Crippen molar-refractivity contribution in [1.82, 2.24) is 5.32 Å². The van der Waals surface area contributed by atoms with E-state index in [2.05, 4.69) is 29.3 Å². The third kappa shape index (κ3) is 3.98. The maximum atomic E-state index is 11.1. The van der Waals surface area contributed by atoms with Gasteiger partial charge in [-0.1, -0.05) is 6.58 Å². The van der Waals surface area contributed by atoms with Gasteiger partial charge in [0.1, 0.15) is 6.04 Å². The van der Waals surface area contributed by atoms with Crippen LogP contribution in [0.2, 0.25) is 0 Å². The Hall–Kier alpha value is -0.970. The van der Waals surface area contributed by atoms with Crippen molar-refractivity contribution in [3.63, 3.8) is 0 Å². The zero-order valence-electron chi connectivity index (χ0n) is 7.66. The van der Waals surface area contributed by atoms with Gasteiger partial charge < -0.3 is 10.1 Å². The van der Waals surface area contributed by atoms with Gasteiger partial charge in [-0.15, -0.1) is 0 Å². The second-order valence-electron chi connectivity index (χ2n) is 2.51. The number of carbonyl (C=O) groups excluding carboxylic acids is 2. The van der Waals surface area contributed by atoms with Crippen molar-refractivity contribution in [2.75, 3.05) is 12.9 Å². The number of rotatable bonds is 4. The minimum atomic E-state index is -0.711. The molecule has 74 valence electrons. The molecule has 13 heavy (non-hydrogen) atoms. The maximum Gasteiger partial charge on any atom is 0.329 e. The van der Waals surface area contributed by atoms with Crippen molar-refractivity contribution in [1.29, 1.82) is 0 Å². The minimum absolute atomic E-state index is 0.200. The molecule has 4 nitrogen and oxygen atoms in total. The lowest BCUT2D eigenvalue weighted by atomic mass is 10.3. The highest BCUT2D eigenvalue weighted by molar-refractivity contribution is 7.80. The summed E-state index contributed by atoms with van der Waals surface area (Å²) in [5, 5.41) is 2.43. The number of amides is 1. The van der Waals surface area contributed by atoms with E-state index in [1.165, 1.54) is 7.11 Å². The van der Waals surface area contributed by atoms with Crippen molar-refractivity contribution in [3.8, 4) is 0 Å². The first-order valence-corrected chi connectivity index (χ1v) is 4.31. The van der Waals surface area contributed by atoms with E-state index in [4.69, 9.17) is 0 Å². The van der Waals surface area contributed by atoms with E-state index in [0.717, 1.165) is 0 Å².